The molecule has 19 heavy (non-hydrogen) atoms. The first-order valence-corrected chi connectivity index (χ1v) is 6.91. The fourth-order valence-corrected chi connectivity index (χ4v) is 2.73. The summed E-state index contributed by atoms with van der Waals surface area (Å²) in [5.74, 6) is 0. The van der Waals surface area contributed by atoms with Crippen molar-refractivity contribution in [3.8, 4) is 0 Å². The van der Waals surface area contributed by atoms with Gasteiger partial charge in [0.25, 0.3) is 0 Å². The van der Waals surface area contributed by atoms with Crippen molar-refractivity contribution < 1.29 is 5.11 Å². The van der Waals surface area contributed by atoms with Gasteiger partial charge in [-0.1, -0.05) is 0 Å². The molecule has 1 fully saturated rings. The van der Waals surface area contributed by atoms with Crippen LogP contribution in [0, 0.1) is 6.92 Å². The zero-order valence-electron chi connectivity index (χ0n) is 12.2. The Kier molecular flexibility index (Phi) is 4.02. The number of benzene rings is 1. The van der Waals surface area contributed by atoms with Gasteiger partial charge in [-0.25, -0.2) is 0 Å². The Morgan fingerprint density at radius 3 is 2.37 bits per heavy atom. The van der Waals surface area contributed by atoms with Gasteiger partial charge in [-0.15, -0.1) is 0 Å². The number of piperazine rings is 1. The molecule has 2 rings (SSSR count). The van der Waals surface area contributed by atoms with E-state index in [1.54, 1.807) is 0 Å². The summed E-state index contributed by atoms with van der Waals surface area (Å²) in [4.78, 5) is 4.72. The molecule has 0 saturated carbocycles. The van der Waals surface area contributed by atoms with Crippen LogP contribution < -0.4 is 10.6 Å². The highest BCUT2D eigenvalue weighted by Crippen LogP contribution is 2.23. The molecule has 4 nitrogen and oxygen atoms in total. The summed E-state index contributed by atoms with van der Waals surface area (Å²) in [5.41, 5.74) is 8.51. The largest absolute Gasteiger partial charge is 0.399 e. The molecule has 106 valence electrons. The van der Waals surface area contributed by atoms with Crippen LogP contribution in [0.2, 0.25) is 0 Å². The minimum atomic E-state index is -0.612. The summed E-state index contributed by atoms with van der Waals surface area (Å²) in [6.07, 6.45) is 0. The molecular formula is C15H25N3O. The lowest BCUT2D eigenvalue weighted by molar-refractivity contribution is 0.0345. The fraction of sp³-hybridized carbons (Fsp3) is 0.600. The number of hydrogen-bond donors (Lipinski definition) is 2. The first kappa shape index (κ1) is 14.2. The van der Waals surface area contributed by atoms with Crippen LogP contribution >= 0.6 is 0 Å². The smallest absolute Gasteiger partial charge is 0.0718 e. The van der Waals surface area contributed by atoms with Crippen molar-refractivity contribution in [1.29, 1.82) is 0 Å². The molecule has 1 aliphatic rings. The van der Waals surface area contributed by atoms with E-state index in [9.17, 15) is 5.11 Å². The lowest BCUT2D eigenvalue weighted by atomic mass is 10.1. The zero-order valence-corrected chi connectivity index (χ0v) is 12.2. The van der Waals surface area contributed by atoms with Crippen molar-refractivity contribution in [2.75, 3.05) is 43.4 Å². The van der Waals surface area contributed by atoms with E-state index < -0.39 is 5.60 Å². The minimum Gasteiger partial charge on any atom is -0.399 e. The summed E-state index contributed by atoms with van der Waals surface area (Å²) in [5, 5.41) is 9.86. The van der Waals surface area contributed by atoms with E-state index in [4.69, 9.17) is 5.73 Å². The molecule has 0 bridgehead atoms. The van der Waals surface area contributed by atoms with Gasteiger partial charge in [0.15, 0.2) is 0 Å². The van der Waals surface area contributed by atoms with Crippen molar-refractivity contribution in [2.45, 2.75) is 26.4 Å². The molecular weight excluding hydrogens is 238 g/mol. The van der Waals surface area contributed by atoms with E-state index in [-0.39, 0.29) is 0 Å². The number of nitrogen functional groups attached to an aromatic ring is 1. The van der Waals surface area contributed by atoms with Crippen molar-refractivity contribution >= 4 is 11.4 Å². The van der Waals surface area contributed by atoms with Gasteiger partial charge < -0.3 is 15.7 Å². The Morgan fingerprint density at radius 1 is 1.21 bits per heavy atom. The normalized spacial score (nSPS) is 17.8. The number of anilines is 2. The van der Waals surface area contributed by atoms with E-state index in [2.05, 4.69) is 22.8 Å². The molecule has 0 aliphatic carbocycles. The van der Waals surface area contributed by atoms with Crippen molar-refractivity contribution in [2.24, 2.45) is 0 Å². The standard InChI is InChI=1S/C15H25N3O/c1-12-10-13(16)4-5-14(12)18-8-6-17(7-9-18)11-15(2,3)19/h4-5,10,19H,6-9,11,16H2,1-3H3. The second kappa shape index (κ2) is 5.39. The first-order chi connectivity index (χ1) is 8.85. The number of aryl methyl sites for hydroxylation is 1. The SMILES string of the molecule is Cc1cc(N)ccc1N1CCN(CC(C)(C)O)CC1. The van der Waals surface area contributed by atoms with Crippen LogP contribution in [0.3, 0.4) is 0 Å². The van der Waals surface area contributed by atoms with Crippen molar-refractivity contribution in [3.05, 3.63) is 23.8 Å². The molecule has 0 atom stereocenters. The lowest BCUT2D eigenvalue weighted by Gasteiger charge is -2.38. The molecule has 1 aromatic rings. The minimum absolute atomic E-state index is 0.612. The average Bonchev–Trinajstić information content (AvgIpc) is 2.28. The number of aliphatic hydroxyl groups is 1. The molecule has 0 unspecified atom stereocenters. The number of nitrogens with two attached hydrogens (primary N) is 1. The Balaban J connectivity index is 1.96. The third-order valence-electron chi connectivity index (χ3n) is 3.54. The van der Waals surface area contributed by atoms with E-state index in [1.807, 2.05) is 26.0 Å². The molecule has 4 heteroatoms. The van der Waals surface area contributed by atoms with Gasteiger partial charge in [-0.05, 0) is 44.5 Å². The quantitative estimate of drug-likeness (QED) is 0.811. The lowest BCUT2D eigenvalue weighted by Crippen LogP contribution is -2.50. The van der Waals surface area contributed by atoms with Gasteiger partial charge in [0.1, 0.15) is 0 Å². The van der Waals surface area contributed by atoms with Crippen LogP contribution in [0.15, 0.2) is 18.2 Å². The van der Waals surface area contributed by atoms with E-state index in [0.29, 0.717) is 0 Å². The fourth-order valence-electron chi connectivity index (χ4n) is 2.73. The summed E-state index contributed by atoms with van der Waals surface area (Å²) < 4.78 is 0. The Morgan fingerprint density at radius 2 is 1.84 bits per heavy atom. The number of hydrogen-bond acceptors (Lipinski definition) is 4. The van der Waals surface area contributed by atoms with E-state index in [0.717, 1.165) is 38.4 Å². The number of β-amino-alcohol motifs (C(OH)–C–C–N with tert-alkyl or cyclic N) is 1. The van der Waals surface area contributed by atoms with Crippen LogP contribution in [-0.2, 0) is 0 Å². The van der Waals surface area contributed by atoms with Crippen molar-refractivity contribution in [1.82, 2.24) is 4.90 Å². The maximum absolute atomic E-state index is 9.86. The van der Waals surface area contributed by atoms with Crippen LogP contribution in [0.4, 0.5) is 11.4 Å². The first-order valence-electron chi connectivity index (χ1n) is 6.91. The van der Waals surface area contributed by atoms with Crippen molar-refractivity contribution in [3.63, 3.8) is 0 Å². The van der Waals surface area contributed by atoms with Crippen LogP contribution in [-0.4, -0.2) is 48.3 Å². The molecule has 0 radical (unpaired) electrons. The summed E-state index contributed by atoms with van der Waals surface area (Å²) in [6.45, 7) is 10.6. The maximum Gasteiger partial charge on any atom is 0.0718 e. The third-order valence-corrected chi connectivity index (χ3v) is 3.54. The van der Waals surface area contributed by atoms with Gasteiger partial charge >= 0.3 is 0 Å². The number of rotatable bonds is 3. The Hall–Kier alpha value is -1.26. The maximum atomic E-state index is 9.86. The van der Waals surface area contributed by atoms with Gasteiger partial charge in [0.05, 0.1) is 5.60 Å². The molecule has 0 spiro atoms. The van der Waals surface area contributed by atoms with Gasteiger partial charge in [0, 0.05) is 44.1 Å². The molecule has 1 aromatic carbocycles. The highest BCUT2D eigenvalue weighted by molar-refractivity contribution is 5.59. The van der Waals surface area contributed by atoms with Gasteiger partial charge in [-0.3, -0.25) is 4.90 Å². The summed E-state index contributed by atoms with van der Waals surface area (Å²) in [6, 6.07) is 6.10. The Bertz CT molecular complexity index is 432. The third kappa shape index (κ3) is 3.85. The predicted octanol–water partition coefficient (Wildman–Crippen LogP) is 1.47. The van der Waals surface area contributed by atoms with Crippen LogP contribution in [0.1, 0.15) is 19.4 Å². The van der Waals surface area contributed by atoms with E-state index in [1.165, 1.54) is 11.3 Å². The topological polar surface area (TPSA) is 52.7 Å². The average molecular weight is 263 g/mol. The van der Waals surface area contributed by atoms with Gasteiger partial charge in [-0.2, -0.15) is 0 Å². The Labute approximate surface area is 115 Å². The van der Waals surface area contributed by atoms with Gasteiger partial charge in [0.2, 0.25) is 0 Å². The molecule has 1 saturated heterocycles. The van der Waals surface area contributed by atoms with Crippen LogP contribution in [0.25, 0.3) is 0 Å². The highest BCUT2D eigenvalue weighted by atomic mass is 16.3. The number of nitrogens with zero attached hydrogens (tertiary/aromatic N) is 2. The second-order valence-electron chi connectivity index (χ2n) is 6.12. The second-order valence-corrected chi connectivity index (χ2v) is 6.12. The molecule has 0 aromatic heterocycles. The molecule has 1 heterocycles. The molecule has 3 N–H and O–H groups in total. The summed E-state index contributed by atoms with van der Waals surface area (Å²) >= 11 is 0. The monoisotopic (exact) mass is 263 g/mol. The zero-order chi connectivity index (χ0) is 14.0. The van der Waals surface area contributed by atoms with E-state index >= 15 is 0 Å². The predicted molar refractivity (Wildman–Crippen MR) is 80.5 cm³/mol. The molecule has 0 amide bonds. The highest BCUT2D eigenvalue weighted by Gasteiger charge is 2.23. The van der Waals surface area contributed by atoms with Crippen LogP contribution in [0.5, 0.6) is 0 Å². The summed E-state index contributed by atoms with van der Waals surface area (Å²) in [7, 11) is 0. The molecule has 1 aliphatic heterocycles.